The zero-order chi connectivity index (χ0) is 14.8. The van der Waals surface area contributed by atoms with Crippen LogP contribution in [0.5, 0.6) is 0 Å². The van der Waals surface area contributed by atoms with E-state index in [-0.39, 0.29) is 24.5 Å². The number of furan rings is 1. The molecule has 0 saturated carbocycles. The van der Waals surface area contributed by atoms with Crippen molar-refractivity contribution in [2.75, 3.05) is 24.3 Å². The summed E-state index contributed by atoms with van der Waals surface area (Å²) in [6, 6.07) is 6.59. The number of anilines is 1. The van der Waals surface area contributed by atoms with Gasteiger partial charge in [0.15, 0.2) is 0 Å². The number of rotatable bonds is 5. The van der Waals surface area contributed by atoms with Gasteiger partial charge < -0.3 is 14.9 Å². The first-order valence-electron chi connectivity index (χ1n) is 5.99. The molecule has 7 heteroatoms. The number of hydrogen-bond acceptors (Lipinski definition) is 6. The van der Waals surface area contributed by atoms with Crippen LogP contribution in [-0.2, 0) is 14.6 Å². The Morgan fingerprint density at radius 3 is 2.80 bits per heavy atom. The second kappa shape index (κ2) is 5.54. The topological polar surface area (TPSA) is 99.6 Å². The number of fused-ring (bicyclic) bond motifs is 1. The molecule has 0 aliphatic heterocycles. The summed E-state index contributed by atoms with van der Waals surface area (Å²) in [6.45, 7) is 0.0328. The van der Waals surface area contributed by atoms with Gasteiger partial charge in [-0.2, -0.15) is 0 Å². The predicted molar refractivity (Wildman–Crippen MR) is 75.2 cm³/mol. The molecule has 0 unspecified atom stereocenters. The van der Waals surface area contributed by atoms with Crippen LogP contribution in [0.25, 0.3) is 11.0 Å². The molecule has 0 fully saturated rings. The molecule has 1 aromatic heterocycles. The molecule has 108 valence electrons. The van der Waals surface area contributed by atoms with Crippen LogP contribution >= 0.6 is 0 Å². The molecule has 2 N–H and O–H groups in total. The number of hydrogen-bond donors (Lipinski definition) is 1. The van der Waals surface area contributed by atoms with Crippen molar-refractivity contribution in [2.45, 2.75) is 6.42 Å². The Hall–Kier alpha value is -2.02. The van der Waals surface area contributed by atoms with Crippen LogP contribution in [0.15, 0.2) is 28.7 Å². The quantitative estimate of drug-likeness (QED) is 0.511. The fraction of sp³-hybridized carbons (Fsp3) is 0.308. The van der Waals surface area contributed by atoms with E-state index in [0.717, 1.165) is 6.26 Å². The highest BCUT2D eigenvalue weighted by molar-refractivity contribution is 7.90. The third kappa shape index (κ3) is 3.74. The first-order valence-corrected chi connectivity index (χ1v) is 8.05. The van der Waals surface area contributed by atoms with Gasteiger partial charge in [-0.15, -0.1) is 0 Å². The van der Waals surface area contributed by atoms with Crippen LogP contribution in [0, 0.1) is 0 Å². The number of sulfone groups is 1. The van der Waals surface area contributed by atoms with Crippen molar-refractivity contribution in [3.8, 4) is 0 Å². The molecular weight excluding hydrogens is 282 g/mol. The minimum absolute atomic E-state index is 0.0169. The average Bonchev–Trinajstić information content (AvgIpc) is 2.76. The van der Waals surface area contributed by atoms with Gasteiger partial charge in [0.1, 0.15) is 15.4 Å². The molecular formula is C13H15NO5S. The van der Waals surface area contributed by atoms with E-state index in [1.165, 1.54) is 0 Å². The number of nitrogen functional groups attached to an aromatic ring is 1. The SMILES string of the molecule is CS(=O)(=O)CCCOC(=O)c1cc2cc(N)ccc2o1. The molecule has 2 rings (SSSR count). The molecule has 20 heavy (non-hydrogen) atoms. The van der Waals surface area contributed by atoms with Crippen molar-refractivity contribution in [3.05, 3.63) is 30.0 Å². The van der Waals surface area contributed by atoms with Crippen LogP contribution in [0.2, 0.25) is 0 Å². The Kier molecular flexibility index (Phi) is 3.99. The van der Waals surface area contributed by atoms with Gasteiger partial charge in [0.05, 0.1) is 12.4 Å². The van der Waals surface area contributed by atoms with Gasteiger partial charge in [0.2, 0.25) is 5.76 Å². The Labute approximate surface area is 116 Å². The van der Waals surface area contributed by atoms with E-state index in [0.29, 0.717) is 16.7 Å². The fourth-order valence-corrected chi connectivity index (χ4v) is 2.36. The van der Waals surface area contributed by atoms with Crippen molar-refractivity contribution in [3.63, 3.8) is 0 Å². The number of carbonyl (C=O) groups excluding carboxylic acids is 1. The zero-order valence-corrected chi connectivity index (χ0v) is 11.8. The highest BCUT2D eigenvalue weighted by Crippen LogP contribution is 2.22. The third-order valence-corrected chi connectivity index (χ3v) is 3.66. The summed E-state index contributed by atoms with van der Waals surface area (Å²) in [4.78, 5) is 11.7. The maximum Gasteiger partial charge on any atom is 0.374 e. The molecule has 0 bridgehead atoms. The van der Waals surface area contributed by atoms with E-state index in [9.17, 15) is 13.2 Å². The van der Waals surface area contributed by atoms with Crippen LogP contribution in [-0.4, -0.2) is 33.0 Å². The van der Waals surface area contributed by atoms with Gasteiger partial charge in [-0.3, -0.25) is 0 Å². The number of esters is 1. The van der Waals surface area contributed by atoms with Crippen molar-refractivity contribution in [2.24, 2.45) is 0 Å². The van der Waals surface area contributed by atoms with Crippen molar-refractivity contribution in [1.82, 2.24) is 0 Å². The van der Waals surface area contributed by atoms with Crippen molar-refractivity contribution in [1.29, 1.82) is 0 Å². The first-order chi connectivity index (χ1) is 9.35. The van der Waals surface area contributed by atoms with Crippen molar-refractivity contribution >= 4 is 32.5 Å². The molecule has 0 spiro atoms. The van der Waals surface area contributed by atoms with Gasteiger partial charge in [0, 0.05) is 17.3 Å². The number of carbonyl (C=O) groups is 1. The minimum atomic E-state index is -3.04. The third-order valence-electron chi connectivity index (χ3n) is 2.63. The molecule has 1 aromatic carbocycles. The molecule has 0 radical (unpaired) electrons. The summed E-state index contributed by atoms with van der Waals surface area (Å²) in [5, 5.41) is 0.716. The lowest BCUT2D eigenvalue weighted by molar-refractivity contribution is 0.0472. The number of nitrogens with two attached hydrogens (primary N) is 1. The number of ether oxygens (including phenoxy) is 1. The van der Waals surface area contributed by atoms with Crippen molar-refractivity contribution < 1.29 is 22.4 Å². The largest absolute Gasteiger partial charge is 0.460 e. The normalized spacial score (nSPS) is 11.7. The maximum atomic E-state index is 11.7. The van der Waals surface area contributed by atoms with E-state index in [1.807, 2.05) is 0 Å². The standard InChI is InChI=1S/C13H15NO5S/c1-20(16,17)6-2-5-18-13(15)12-8-9-7-10(14)3-4-11(9)19-12/h3-4,7-8H,2,5-6,14H2,1H3. The lowest BCUT2D eigenvalue weighted by atomic mass is 10.2. The van der Waals surface area contributed by atoms with Crippen LogP contribution in [0.3, 0.4) is 0 Å². The van der Waals surface area contributed by atoms with Gasteiger partial charge in [0.25, 0.3) is 0 Å². The summed E-state index contributed by atoms with van der Waals surface area (Å²) in [6.07, 6.45) is 1.40. The fourth-order valence-electron chi connectivity index (χ4n) is 1.72. The van der Waals surface area contributed by atoms with Gasteiger partial charge in [-0.25, -0.2) is 13.2 Å². The van der Waals surface area contributed by atoms with Crippen LogP contribution < -0.4 is 5.73 Å². The highest BCUT2D eigenvalue weighted by Gasteiger charge is 2.14. The molecule has 0 aliphatic carbocycles. The monoisotopic (exact) mass is 297 g/mol. The van der Waals surface area contributed by atoms with Gasteiger partial charge in [-0.05, 0) is 30.7 Å². The zero-order valence-electron chi connectivity index (χ0n) is 11.0. The second-order valence-corrected chi connectivity index (χ2v) is 6.79. The highest BCUT2D eigenvalue weighted by atomic mass is 32.2. The van der Waals surface area contributed by atoms with E-state index in [4.69, 9.17) is 14.9 Å². The number of benzene rings is 1. The molecule has 1 heterocycles. The molecule has 2 aromatic rings. The Morgan fingerprint density at radius 2 is 2.10 bits per heavy atom. The second-order valence-electron chi connectivity index (χ2n) is 4.53. The first kappa shape index (κ1) is 14.4. The summed E-state index contributed by atoms with van der Waals surface area (Å²) >= 11 is 0. The van der Waals surface area contributed by atoms with E-state index in [2.05, 4.69) is 0 Å². The molecule has 6 nitrogen and oxygen atoms in total. The maximum absolute atomic E-state index is 11.7. The van der Waals surface area contributed by atoms with E-state index in [1.54, 1.807) is 24.3 Å². The molecule has 0 saturated heterocycles. The Morgan fingerprint density at radius 1 is 1.35 bits per heavy atom. The Balaban J connectivity index is 1.97. The molecule has 0 aliphatic rings. The smallest absolute Gasteiger partial charge is 0.374 e. The summed E-state index contributed by atoms with van der Waals surface area (Å²) in [5.41, 5.74) is 6.75. The minimum Gasteiger partial charge on any atom is -0.460 e. The Bertz CT molecular complexity index is 732. The molecule has 0 amide bonds. The average molecular weight is 297 g/mol. The van der Waals surface area contributed by atoms with Crippen LogP contribution in [0.1, 0.15) is 17.0 Å². The summed E-state index contributed by atoms with van der Waals surface area (Å²) in [5.74, 6) is -0.560. The predicted octanol–water partition coefficient (Wildman–Crippen LogP) is 1.61. The summed E-state index contributed by atoms with van der Waals surface area (Å²) < 4.78 is 32.1. The van der Waals surface area contributed by atoms with Gasteiger partial charge >= 0.3 is 5.97 Å². The van der Waals surface area contributed by atoms with E-state index < -0.39 is 15.8 Å². The van der Waals surface area contributed by atoms with Gasteiger partial charge in [-0.1, -0.05) is 0 Å². The van der Waals surface area contributed by atoms with E-state index >= 15 is 0 Å². The summed E-state index contributed by atoms with van der Waals surface area (Å²) in [7, 11) is -3.04. The molecule has 0 atom stereocenters. The van der Waals surface area contributed by atoms with Crippen LogP contribution in [0.4, 0.5) is 5.69 Å². The lowest BCUT2D eigenvalue weighted by Gasteiger charge is -2.01. The lowest BCUT2D eigenvalue weighted by Crippen LogP contribution is -2.10.